The van der Waals surface area contributed by atoms with E-state index in [9.17, 15) is 4.79 Å². The Kier molecular flexibility index (Phi) is 4.41. The fraction of sp³-hybridized carbons (Fsp3) is 0. The van der Waals surface area contributed by atoms with Gasteiger partial charge < -0.3 is 8.83 Å². The van der Waals surface area contributed by atoms with Crippen molar-refractivity contribution in [3.63, 3.8) is 0 Å². The zero-order valence-electron chi connectivity index (χ0n) is 13.5. The molecule has 1 N–H and O–H groups in total. The predicted molar refractivity (Wildman–Crippen MR) is 103 cm³/mol. The number of carbonyl (C=O) groups excluding carboxylic acids is 1. The Morgan fingerprint density at radius 3 is 2.73 bits per heavy atom. The number of nitrogens with zero attached hydrogens (tertiary/aromatic N) is 1. The van der Waals surface area contributed by atoms with Crippen molar-refractivity contribution in [1.82, 2.24) is 5.43 Å². The second-order valence-corrected chi connectivity index (χ2v) is 6.48. The van der Waals surface area contributed by atoms with Crippen molar-refractivity contribution in [2.45, 2.75) is 0 Å². The summed E-state index contributed by atoms with van der Waals surface area (Å²) in [5, 5.41) is 4.79. The number of carbonyl (C=O) groups is 1. The third kappa shape index (κ3) is 3.45. The zero-order valence-corrected chi connectivity index (χ0v) is 15.1. The first-order valence-electron chi connectivity index (χ1n) is 7.87. The number of para-hydroxylation sites is 1. The first-order valence-corrected chi connectivity index (χ1v) is 8.66. The number of hydrazone groups is 1. The average molecular weight is 409 g/mol. The molecule has 128 valence electrons. The number of hydrogen-bond donors (Lipinski definition) is 1. The molecule has 0 unspecified atom stereocenters. The number of rotatable bonds is 4. The molecule has 2 aromatic carbocycles. The molecule has 5 nitrogen and oxygen atoms in total. The van der Waals surface area contributed by atoms with Crippen LogP contribution < -0.4 is 5.43 Å². The Labute approximate surface area is 157 Å². The topological polar surface area (TPSA) is 67.7 Å². The minimum Gasteiger partial charge on any atom is -0.455 e. The van der Waals surface area contributed by atoms with Gasteiger partial charge in [-0.1, -0.05) is 46.3 Å². The number of halogens is 1. The standard InChI is InChI=1S/C20H13BrN2O3/c21-15-6-3-5-13(10-15)18-9-8-16(25-18)12-22-23-20(24)19-11-14-4-1-2-7-17(14)26-19/h1-12H,(H,23,24)/b22-12+. The fourth-order valence-electron chi connectivity index (χ4n) is 2.52. The lowest BCUT2D eigenvalue weighted by Crippen LogP contribution is -2.16. The molecule has 2 heterocycles. The van der Waals surface area contributed by atoms with Gasteiger partial charge in [-0.25, -0.2) is 5.43 Å². The summed E-state index contributed by atoms with van der Waals surface area (Å²) < 4.78 is 12.2. The highest BCUT2D eigenvalue weighted by Crippen LogP contribution is 2.24. The second kappa shape index (κ2) is 7.01. The van der Waals surface area contributed by atoms with E-state index < -0.39 is 5.91 Å². The maximum absolute atomic E-state index is 12.1. The molecule has 2 aromatic heterocycles. The molecule has 0 atom stereocenters. The highest BCUT2D eigenvalue weighted by atomic mass is 79.9. The summed E-state index contributed by atoms with van der Waals surface area (Å²) in [6.45, 7) is 0. The van der Waals surface area contributed by atoms with Crippen LogP contribution >= 0.6 is 15.9 Å². The molecule has 0 bridgehead atoms. The van der Waals surface area contributed by atoms with Crippen LogP contribution in [0.5, 0.6) is 0 Å². The van der Waals surface area contributed by atoms with E-state index >= 15 is 0 Å². The molecule has 0 fully saturated rings. The Morgan fingerprint density at radius 2 is 1.88 bits per heavy atom. The van der Waals surface area contributed by atoms with E-state index in [1.807, 2.05) is 54.6 Å². The van der Waals surface area contributed by atoms with Crippen molar-refractivity contribution in [3.05, 3.63) is 82.7 Å². The number of furan rings is 2. The van der Waals surface area contributed by atoms with Crippen LogP contribution in [0.2, 0.25) is 0 Å². The molecule has 0 saturated heterocycles. The minimum atomic E-state index is -0.420. The van der Waals surface area contributed by atoms with Crippen LogP contribution in [0.4, 0.5) is 0 Å². The van der Waals surface area contributed by atoms with Crippen LogP contribution in [-0.4, -0.2) is 12.1 Å². The van der Waals surface area contributed by atoms with Crippen LogP contribution in [-0.2, 0) is 0 Å². The van der Waals surface area contributed by atoms with E-state index in [0.717, 1.165) is 21.2 Å². The number of nitrogens with one attached hydrogen (secondary N) is 1. The number of benzene rings is 2. The molecule has 0 saturated carbocycles. The third-order valence-electron chi connectivity index (χ3n) is 3.74. The molecule has 6 heteroatoms. The first kappa shape index (κ1) is 16.4. The summed E-state index contributed by atoms with van der Waals surface area (Å²) in [6.07, 6.45) is 1.45. The average Bonchev–Trinajstić information content (AvgIpc) is 3.28. The van der Waals surface area contributed by atoms with Gasteiger partial charge in [0.25, 0.3) is 0 Å². The lowest BCUT2D eigenvalue weighted by atomic mass is 10.2. The van der Waals surface area contributed by atoms with Crippen molar-refractivity contribution < 1.29 is 13.6 Å². The van der Waals surface area contributed by atoms with Gasteiger partial charge in [-0.15, -0.1) is 0 Å². The number of amides is 1. The van der Waals surface area contributed by atoms with Gasteiger partial charge in [0.2, 0.25) is 0 Å². The molecular weight excluding hydrogens is 396 g/mol. The van der Waals surface area contributed by atoms with Crippen molar-refractivity contribution in [2.75, 3.05) is 0 Å². The highest BCUT2D eigenvalue weighted by Gasteiger charge is 2.11. The van der Waals surface area contributed by atoms with Crippen molar-refractivity contribution >= 4 is 39.0 Å². The van der Waals surface area contributed by atoms with E-state index in [0.29, 0.717) is 11.3 Å². The predicted octanol–water partition coefficient (Wildman–Crippen LogP) is 5.22. The van der Waals surface area contributed by atoms with Crippen molar-refractivity contribution in [2.24, 2.45) is 5.10 Å². The zero-order chi connectivity index (χ0) is 17.9. The molecule has 4 rings (SSSR count). The van der Waals surface area contributed by atoms with E-state index in [-0.39, 0.29) is 5.76 Å². The van der Waals surface area contributed by atoms with Crippen LogP contribution in [0.15, 0.2) is 85.1 Å². The lowest BCUT2D eigenvalue weighted by molar-refractivity contribution is 0.0929. The third-order valence-corrected chi connectivity index (χ3v) is 4.24. The van der Waals surface area contributed by atoms with Gasteiger partial charge in [-0.2, -0.15) is 5.10 Å². The van der Waals surface area contributed by atoms with E-state index in [2.05, 4.69) is 26.5 Å². The minimum absolute atomic E-state index is 0.206. The van der Waals surface area contributed by atoms with Gasteiger partial charge in [0.15, 0.2) is 5.76 Å². The first-order chi connectivity index (χ1) is 12.7. The van der Waals surface area contributed by atoms with Crippen LogP contribution in [0.1, 0.15) is 16.3 Å². The molecule has 0 aliphatic heterocycles. The summed E-state index contributed by atoms with van der Waals surface area (Å²) in [4.78, 5) is 12.1. The number of hydrogen-bond acceptors (Lipinski definition) is 4. The quantitative estimate of drug-likeness (QED) is 0.371. The fourth-order valence-corrected chi connectivity index (χ4v) is 2.92. The SMILES string of the molecule is O=C(N/N=C/c1ccc(-c2cccc(Br)c2)o1)c1cc2ccccc2o1. The molecule has 4 aromatic rings. The normalized spacial score (nSPS) is 11.3. The van der Waals surface area contributed by atoms with Crippen molar-refractivity contribution in [3.8, 4) is 11.3 Å². The summed E-state index contributed by atoms with van der Waals surface area (Å²) >= 11 is 3.43. The van der Waals surface area contributed by atoms with Gasteiger partial charge in [-0.05, 0) is 36.4 Å². The Balaban J connectivity index is 1.44. The van der Waals surface area contributed by atoms with Crippen molar-refractivity contribution in [1.29, 1.82) is 0 Å². The Hall–Kier alpha value is -3.12. The molecule has 26 heavy (non-hydrogen) atoms. The molecular formula is C20H13BrN2O3. The van der Waals surface area contributed by atoms with Gasteiger partial charge >= 0.3 is 5.91 Å². The summed E-state index contributed by atoms with van der Waals surface area (Å²) in [5.74, 6) is 1.04. The van der Waals surface area contributed by atoms with Gasteiger partial charge in [0, 0.05) is 15.4 Å². The van der Waals surface area contributed by atoms with E-state index in [4.69, 9.17) is 8.83 Å². The molecule has 0 spiro atoms. The smallest absolute Gasteiger partial charge is 0.307 e. The Bertz CT molecular complexity index is 1080. The summed E-state index contributed by atoms with van der Waals surface area (Å²) in [5.41, 5.74) is 4.04. The van der Waals surface area contributed by atoms with E-state index in [1.54, 1.807) is 12.1 Å². The maximum atomic E-state index is 12.1. The molecule has 0 aliphatic rings. The lowest BCUT2D eigenvalue weighted by Gasteiger charge is -1.97. The monoisotopic (exact) mass is 408 g/mol. The highest BCUT2D eigenvalue weighted by molar-refractivity contribution is 9.10. The van der Waals surface area contributed by atoms with Crippen LogP contribution in [0.3, 0.4) is 0 Å². The molecule has 0 aliphatic carbocycles. The van der Waals surface area contributed by atoms with Crippen LogP contribution in [0, 0.1) is 0 Å². The maximum Gasteiger partial charge on any atom is 0.307 e. The second-order valence-electron chi connectivity index (χ2n) is 5.56. The Morgan fingerprint density at radius 1 is 1.00 bits per heavy atom. The van der Waals surface area contributed by atoms with Gasteiger partial charge in [0.05, 0.1) is 6.21 Å². The molecule has 0 radical (unpaired) electrons. The van der Waals surface area contributed by atoms with Crippen LogP contribution in [0.25, 0.3) is 22.3 Å². The van der Waals surface area contributed by atoms with Gasteiger partial charge in [-0.3, -0.25) is 4.79 Å². The largest absolute Gasteiger partial charge is 0.455 e. The summed E-state index contributed by atoms with van der Waals surface area (Å²) in [7, 11) is 0. The summed E-state index contributed by atoms with van der Waals surface area (Å²) in [6, 6.07) is 20.5. The number of fused-ring (bicyclic) bond motifs is 1. The van der Waals surface area contributed by atoms with Gasteiger partial charge in [0.1, 0.15) is 17.1 Å². The molecule has 1 amide bonds. The van der Waals surface area contributed by atoms with E-state index in [1.165, 1.54) is 6.21 Å².